The van der Waals surface area contributed by atoms with Crippen LogP contribution in [-0.4, -0.2) is 58.0 Å². The smallest absolute Gasteiger partial charge is 0.240 e. The SMILES string of the molecule is COc1nc(O[C@@H]2CCc3c(-c4cccc(-c5nc6cc(CN7CC[C@@H](C)C7)cc(C#N)c6o5)c4C)cccc32)cnc1CN1CCCC1. The molecule has 0 bridgehead atoms. The van der Waals surface area contributed by atoms with Crippen LogP contribution in [0.15, 0.2) is 59.1 Å². The van der Waals surface area contributed by atoms with Gasteiger partial charge < -0.3 is 13.9 Å². The second-order valence-electron chi connectivity index (χ2n) is 13.9. The zero-order chi connectivity index (χ0) is 33.5. The molecule has 5 aromatic rings. The van der Waals surface area contributed by atoms with Gasteiger partial charge in [0.25, 0.3) is 0 Å². The first-order chi connectivity index (χ1) is 24.0. The highest BCUT2D eigenvalue weighted by Gasteiger charge is 2.29. The molecule has 2 aromatic heterocycles. The molecule has 2 aliphatic heterocycles. The van der Waals surface area contributed by atoms with Gasteiger partial charge in [0.05, 0.1) is 18.9 Å². The van der Waals surface area contributed by atoms with E-state index in [1.165, 1.54) is 36.0 Å². The molecule has 0 N–H and O–H groups in total. The summed E-state index contributed by atoms with van der Waals surface area (Å²) in [5, 5.41) is 10.0. The van der Waals surface area contributed by atoms with E-state index in [-0.39, 0.29) is 6.10 Å². The summed E-state index contributed by atoms with van der Waals surface area (Å²) in [6.07, 6.45) is 7.02. The van der Waals surface area contributed by atoms with Crippen molar-refractivity contribution in [1.82, 2.24) is 24.8 Å². The second kappa shape index (κ2) is 13.3. The van der Waals surface area contributed by atoms with Crippen LogP contribution in [0.5, 0.6) is 11.8 Å². The Labute approximate surface area is 287 Å². The number of hydrogen-bond acceptors (Lipinski definition) is 9. The Bertz CT molecular complexity index is 2060. The molecule has 4 heterocycles. The van der Waals surface area contributed by atoms with Crippen LogP contribution in [0, 0.1) is 24.2 Å². The number of nitrogens with zero attached hydrogens (tertiary/aromatic N) is 6. The Morgan fingerprint density at radius 3 is 2.57 bits per heavy atom. The van der Waals surface area contributed by atoms with Crippen LogP contribution in [0.4, 0.5) is 0 Å². The van der Waals surface area contributed by atoms with Crippen molar-refractivity contribution in [3.8, 4) is 40.4 Å². The summed E-state index contributed by atoms with van der Waals surface area (Å²) in [5.41, 5.74) is 10.5. The largest absolute Gasteiger partial charge is 0.480 e. The van der Waals surface area contributed by atoms with Gasteiger partial charge in [-0.2, -0.15) is 10.2 Å². The third-order valence-corrected chi connectivity index (χ3v) is 10.5. The van der Waals surface area contributed by atoms with Crippen LogP contribution in [0.1, 0.15) is 72.2 Å². The van der Waals surface area contributed by atoms with E-state index >= 15 is 0 Å². The number of rotatable bonds is 9. The maximum Gasteiger partial charge on any atom is 0.240 e. The van der Waals surface area contributed by atoms with Crippen molar-refractivity contribution in [1.29, 1.82) is 5.26 Å². The lowest BCUT2D eigenvalue weighted by Gasteiger charge is -2.18. The first-order valence-electron chi connectivity index (χ1n) is 17.5. The van der Waals surface area contributed by atoms with Gasteiger partial charge in [-0.15, -0.1) is 0 Å². The quantitative estimate of drug-likeness (QED) is 0.159. The van der Waals surface area contributed by atoms with Gasteiger partial charge in [-0.3, -0.25) is 9.80 Å². The zero-order valence-corrected chi connectivity index (χ0v) is 28.5. The fraction of sp³-hybridized carbons (Fsp3) is 0.400. The normalized spacial score (nSPS) is 19.4. The minimum Gasteiger partial charge on any atom is -0.480 e. The summed E-state index contributed by atoms with van der Waals surface area (Å²) < 4.78 is 18.4. The van der Waals surface area contributed by atoms with Gasteiger partial charge in [-0.1, -0.05) is 37.3 Å². The van der Waals surface area contributed by atoms with Gasteiger partial charge in [0, 0.05) is 25.2 Å². The van der Waals surface area contributed by atoms with Crippen LogP contribution >= 0.6 is 0 Å². The van der Waals surface area contributed by atoms with Gasteiger partial charge in [0.1, 0.15) is 23.4 Å². The summed E-state index contributed by atoms with van der Waals surface area (Å²) in [6, 6.07) is 19.1. The van der Waals surface area contributed by atoms with Gasteiger partial charge in [0.15, 0.2) is 5.58 Å². The summed E-state index contributed by atoms with van der Waals surface area (Å²) >= 11 is 0. The van der Waals surface area contributed by atoms with Gasteiger partial charge >= 0.3 is 0 Å². The Hall–Kier alpha value is -4.78. The average molecular weight is 655 g/mol. The molecule has 0 unspecified atom stereocenters. The molecule has 3 aliphatic rings. The van der Waals surface area contributed by atoms with E-state index in [4.69, 9.17) is 28.8 Å². The third kappa shape index (κ3) is 6.16. The number of methoxy groups -OCH3 is 1. The van der Waals surface area contributed by atoms with Crippen LogP contribution < -0.4 is 9.47 Å². The van der Waals surface area contributed by atoms with E-state index in [1.54, 1.807) is 13.3 Å². The van der Waals surface area contributed by atoms with E-state index < -0.39 is 0 Å². The molecule has 2 fully saturated rings. The number of ether oxygens (including phenoxy) is 2. The number of nitriles is 1. The Morgan fingerprint density at radius 1 is 0.959 bits per heavy atom. The van der Waals surface area contributed by atoms with Crippen molar-refractivity contribution < 1.29 is 13.9 Å². The molecule has 8 rings (SSSR count). The highest BCUT2D eigenvalue weighted by Crippen LogP contribution is 2.42. The lowest BCUT2D eigenvalue weighted by atomic mass is 9.91. The predicted octanol–water partition coefficient (Wildman–Crippen LogP) is 7.64. The zero-order valence-electron chi connectivity index (χ0n) is 28.5. The third-order valence-electron chi connectivity index (χ3n) is 10.5. The second-order valence-corrected chi connectivity index (χ2v) is 13.9. The van der Waals surface area contributed by atoms with Crippen molar-refractivity contribution in [2.45, 2.75) is 65.1 Å². The highest BCUT2D eigenvalue weighted by molar-refractivity contribution is 5.85. The molecule has 0 amide bonds. The van der Waals surface area contributed by atoms with E-state index in [2.05, 4.69) is 72.2 Å². The van der Waals surface area contributed by atoms with Crippen molar-refractivity contribution in [3.63, 3.8) is 0 Å². The fourth-order valence-electron chi connectivity index (χ4n) is 7.97. The molecule has 0 radical (unpaired) electrons. The lowest BCUT2D eigenvalue weighted by Crippen LogP contribution is -2.20. The Balaban J connectivity index is 1.06. The number of likely N-dealkylation sites (tertiary alicyclic amines) is 2. The van der Waals surface area contributed by atoms with Crippen molar-refractivity contribution >= 4 is 11.1 Å². The van der Waals surface area contributed by atoms with E-state index in [0.717, 1.165) is 85.6 Å². The maximum absolute atomic E-state index is 10.0. The van der Waals surface area contributed by atoms with Crippen LogP contribution in [-0.2, 0) is 19.5 Å². The first-order valence-corrected chi connectivity index (χ1v) is 17.5. The molecular formula is C40H42N6O3. The molecule has 49 heavy (non-hydrogen) atoms. The van der Waals surface area contributed by atoms with E-state index in [1.807, 2.05) is 6.07 Å². The van der Waals surface area contributed by atoms with Gasteiger partial charge in [-0.25, -0.2) is 9.97 Å². The van der Waals surface area contributed by atoms with Crippen molar-refractivity contribution in [2.24, 2.45) is 5.92 Å². The predicted molar refractivity (Wildman–Crippen MR) is 188 cm³/mol. The molecule has 0 saturated carbocycles. The molecular weight excluding hydrogens is 612 g/mol. The summed E-state index contributed by atoms with van der Waals surface area (Å²) in [4.78, 5) is 19.2. The fourth-order valence-corrected chi connectivity index (χ4v) is 7.97. The van der Waals surface area contributed by atoms with Crippen LogP contribution in [0.2, 0.25) is 0 Å². The number of hydrogen-bond donors (Lipinski definition) is 0. The van der Waals surface area contributed by atoms with E-state index in [9.17, 15) is 5.26 Å². The molecule has 250 valence electrons. The summed E-state index contributed by atoms with van der Waals surface area (Å²) in [5.74, 6) is 2.25. The number of aromatic nitrogens is 3. The molecule has 2 saturated heterocycles. The number of benzene rings is 3. The molecule has 0 spiro atoms. The number of fused-ring (bicyclic) bond motifs is 2. The first kappa shape index (κ1) is 31.5. The molecule has 2 atom stereocenters. The average Bonchev–Trinajstić information content (AvgIpc) is 3.94. The minimum absolute atomic E-state index is 0.124. The van der Waals surface area contributed by atoms with Gasteiger partial charge in [0.2, 0.25) is 17.7 Å². The minimum atomic E-state index is -0.124. The van der Waals surface area contributed by atoms with Crippen LogP contribution in [0.3, 0.4) is 0 Å². The monoisotopic (exact) mass is 654 g/mol. The van der Waals surface area contributed by atoms with Crippen molar-refractivity contribution in [3.05, 3.63) is 88.2 Å². The lowest BCUT2D eigenvalue weighted by molar-refractivity contribution is 0.194. The molecule has 1 aliphatic carbocycles. The molecule has 9 nitrogen and oxygen atoms in total. The summed E-state index contributed by atoms with van der Waals surface area (Å²) in [7, 11) is 1.64. The Morgan fingerprint density at radius 2 is 1.78 bits per heavy atom. The molecule has 9 heteroatoms. The van der Waals surface area contributed by atoms with Gasteiger partial charge in [-0.05, 0) is 116 Å². The summed E-state index contributed by atoms with van der Waals surface area (Å²) in [6.45, 7) is 10.3. The number of oxazole rings is 1. The topological polar surface area (TPSA) is 101 Å². The Kier molecular flexibility index (Phi) is 8.52. The molecule has 3 aromatic carbocycles. The standard InChI is InChI=1S/C40H42N6O3/c1-25-14-17-46(22-25)23-27-18-28(20-41)38-34(19-27)43-39(49-38)30-9-6-8-29(26(30)2)31-10-7-11-33-32(31)12-13-36(33)48-37-21-42-35(40(44-37)47-3)24-45-15-4-5-16-45/h6-11,18-19,21,25,36H,4-5,12-17,22-24H2,1-3H3/t25-,36-/m1/s1. The van der Waals surface area contributed by atoms with E-state index in [0.29, 0.717) is 34.7 Å². The van der Waals surface area contributed by atoms with Crippen molar-refractivity contribution in [2.75, 3.05) is 33.3 Å². The maximum atomic E-state index is 10.0. The van der Waals surface area contributed by atoms with Crippen LogP contribution in [0.25, 0.3) is 33.7 Å². The highest BCUT2D eigenvalue weighted by atomic mass is 16.5.